The van der Waals surface area contributed by atoms with E-state index in [0.29, 0.717) is 17.1 Å². The maximum Gasteiger partial charge on any atom is 0.149 e. The number of para-hydroxylation sites is 1. The molecular formula is C61H59N3O. The number of hydrogen-bond donors (Lipinski definition) is 1. The van der Waals surface area contributed by atoms with Crippen LogP contribution in [0.4, 0.5) is 0 Å². The molecule has 0 aliphatic carbocycles. The molecule has 9 aromatic rings. The highest BCUT2D eigenvalue weighted by molar-refractivity contribution is 5.98. The first-order chi connectivity index (χ1) is 33.5. The van der Waals surface area contributed by atoms with Gasteiger partial charge in [0.25, 0.3) is 0 Å². The molecule has 1 N–H and O–H groups in total. The Morgan fingerprint density at radius 1 is 0.523 bits per heavy atom. The largest absolute Gasteiger partial charge is 0.507 e. The third-order valence-electron chi connectivity index (χ3n) is 13.5. The lowest BCUT2D eigenvalue weighted by atomic mass is 9.65. The zero-order valence-electron chi connectivity index (χ0n) is 44.5. The van der Waals surface area contributed by atoms with Crippen LogP contribution >= 0.6 is 0 Å². The van der Waals surface area contributed by atoms with E-state index in [4.69, 9.17) is 18.2 Å². The third kappa shape index (κ3) is 8.19. The Morgan fingerprint density at radius 3 is 1.86 bits per heavy atom. The van der Waals surface area contributed by atoms with E-state index >= 15 is 0 Å². The van der Waals surface area contributed by atoms with Crippen molar-refractivity contribution in [2.45, 2.75) is 79.9 Å². The molecule has 0 amide bonds. The van der Waals surface area contributed by atoms with Crippen LogP contribution in [0.25, 0.3) is 83.9 Å². The lowest BCUT2D eigenvalue weighted by molar-refractivity contribution is 0.225. The van der Waals surface area contributed by atoms with Crippen molar-refractivity contribution < 1.29 is 13.3 Å². The monoisotopic (exact) mass is 856 g/mol. The highest BCUT2D eigenvalue weighted by Crippen LogP contribution is 2.46. The summed E-state index contributed by atoms with van der Waals surface area (Å²) in [5.41, 5.74) is 13.3. The van der Waals surface area contributed by atoms with Crippen molar-refractivity contribution in [3.8, 4) is 78.6 Å². The number of aromatic nitrogens is 3. The quantitative estimate of drug-likeness (QED) is 0.166. The van der Waals surface area contributed by atoms with E-state index in [1.165, 1.54) is 12.5 Å². The van der Waals surface area contributed by atoms with Crippen molar-refractivity contribution in [3.05, 3.63) is 192 Å². The molecule has 324 valence electrons. The van der Waals surface area contributed by atoms with Gasteiger partial charge in [0.05, 0.1) is 28.0 Å². The zero-order valence-corrected chi connectivity index (χ0v) is 38.5. The minimum absolute atomic E-state index is 0.0287. The van der Waals surface area contributed by atoms with Crippen LogP contribution in [0.15, 0.2) is 170 Å². The Bertz CT molecular complexity index is 3420. The van der Waals surface area contributed by atoms with Crippen LogP contribution in [0.1, 0.15) is 85.7 Å². The number of phenols is 1. The second kappa shape index (κ2) is 16.5. The summed E-state index contributed by atoms with van der Waals surface area (Å²) in [4.78, 5) is 10.4. The molecule has 2 aromatic heterocycles. The van der Waals surface area contributed by atoms with Crippen LogP contribution in [0.5, 0.6) is 5.75 Å². The van der Waals surface area contributed by atoms with Crippen molar-refractivity contribution in [1.82, 2.24) is 14.5 Å². The molecule has 9 rings (SSSR count). The first-order valence-corrected chi connectivity index (χ1v) is 22.3. The van der Waals surface area contributed by atoms with E-state index < -0.39 is 19.1 Å². The number of fused-ring (bicyclic) bond motifs is 1. The fourth-order valence-corrected chi connectivity index (χ4v) is 8.78. The molecule has 4 nitrogen and oxygen atoms in total. The Labute approximate surface area is 393 Å². The lowest BCUT2D eigenvalue weighted by Gasteiger charge is -2.40. The summed E-state index contributed by atoms with van der Waals surface area (Å²) >= 11 is 0. The highest BCUT2D eigenvalue weighted by Gasteiger charge is 2.35. The Balaban J connectivity index is 1.26. The number of aryl methyl sites for hydroxylation is 2. The van der Waals surface area contributed by atoms with Gasteiger partial charge in [0.1, 0.15) is 11.6 Å². The average molecular weight is 856 g/mol. The molecular weight excluding hydrogens is 791 g/mol. The average Bonchev–Trinajstić information content (AvgIpc) is 3.73. The van der Waals surface area contributed by atoms with Crippen molar-refractivity contribution >= 4 is 11.0 Å². The summed E-state index contributed by atoms with van der Waals surface area (Å²) in [7, 11) is 0. The van der Waals surface area contributed by atoms with Gasteiger partial charge in [-0.05, 0) is 140 Å². The van der Waals surface area contributed by atoms with Crippen molar-refractivity contribution in [3.63, 3.8) is 0 Å². The number of aromatic hydroxyl groups is 1. The second-order valence-corrected chi connectivity index (χ2v) is 19.2. The highest BCUT2D eigenvalue weighted by atomic mass is 16.3. The van der Waals surface area contributed by atoms with Gasteiger partial charge in [-0.1, -0.05) is 164 Å². The summed E-state index contributed by atoms with van der Waals surface area (Å²) in [5, 5.41) is 11.9. The van der Waals surface area contributed by atoms with Gasteiger partial charge >= 0.3 is 0 Å². The molecule has 2 heterocycles. The van der Waals surface area contributed by atoms with Gasteiger partial charge in [-0.25, -0.2) is 4.98 Å². The van der Waals surface area contributed by atoms with E-state index in [1.54, 1.807) is 30.5 Å². The molecule has 7 aromatic carbocycles. The van der Waals surface area contributed by atoms with Gasteiger partial charge in [0, 0.05) is 31.1 Å². The summed E-state index contributed by atoms with van der Waals surface area (Å²) in [6, 6.07) is 54.9. The van der Waals surface area contributed by atoms with Gasteiger partial charge in [0.2, 0.25) is 0 Å². The smallest absolute Gasteiger partial charge is 0.149 e. The molecule has 0 bridgehead atoms. The van der Waals surface area contributed by atoms with Gasteiger partial charge in [-0.15, -0.1) is 0 Å². The lowest BCUT2D eigenvalue weighted by Crippen LogP contribution is -2.34. The maximum absolute atomic E-state index is 11.9. The van der Waals surface area contributed by atoms with Crippen LogP contribution in [-0.2, 0) is 10.8 Å². The van der Waals surface area contributed by atoms with E-state index in [0.717, 1.165) is 77.9 Å². The molecule has 0 saturated carbocycles. The van der Waals surface area contributed by atoms with E-state index in [1.807, 2.05) is 62.4 Å². The molecule has 0 aliphatic rings. The molecule has 0 saturated heterocycles. The first-order valence-electron chi connectivity index (χ1n) is 25.3. The number of pyridine rings is 1. The molecule has 4 heteroatoms. The minimum Gasteiger partial charge on any atom is -0.507 e. The number of phenolic OH excluding ortho intramolecular Hbond substituents is 1. The predicted octanol–water partition coefficient (Wildman–Crippen LogP) is 16.4. The SMILES string of the molecule is [2H]C([2H])([2H])C(C)(c1ccc(-c2ccnc(-c3cc(-c4ccccc4)cc(-c4cccc5c4nc(-c4cc(C)cc(C)c4O)n5-c4ccc(C(C)(C)C(C)(C)C)cc4-c4ccccc4)c3)c2)cc1)C([2H])([2H])[2H]. The Kier molecular flexibility index (Phi) is 9.22. The van der Waals surface area contributed by atoms with Crippen LogP contribution in [0.2, 0.25) is 0 Å². The normalized spacial score (nSPS) is 14.0. The van der Waals surface area contributed by atoms with Crippen molar-refractivity contribution in [2.75, 3.05) is 0 Å². The summed E-state index contributed by atoms with van der Waals surface area (Å²) in [6.07, 6.45) is 1.76. The number of benzene rings is 7. The minimum atomic E-state index is -2.75. The van der Waals surface area contributed by atoms with Crippen LogP contribution in [0.3, 0.4) is 0 Å². The van der Waals surface area contributed by atoms with E-state index in [-0.39, 0.29) is 22.1 Å². The Morgan fingerprint density at radius 2 is 1.17 bits per heavy atom. The van der Waals surface area contributed by atoms with Crippen LogP contribution < -0.4 is 0 Å². The molecule has 0 aliphatic heterocycles. The van der Waals surface area contributed by atoms with Gasteiger partial charge in [0.15, 0.2) is 0 Å². The topological polar surface area (TPSA) is 50.9 Å². The van der Waals surface area contributed by atoms with Gasteiger partial charge < -0.3 is 5.11 Å². The van der Waals surface area contributed by atoms with Gasteiger partial charge in [-0.3, -0.25) is 9.55 Å². The van der Waals surface area contributed by atoms with Crippen molar-refractivity contribution in [1.29, 1.82) is 0 Å². The van der Waals surface area contributed by atoms with Crippen molar-refractivity contribution in [2.24, 2.45) is 5.41 Å². The number of hydrogen-bond acceptors (Lipinski definition) is 3. The van der Waals surface area contributed by atoms with Crippen LogP contribution in [0, 0.1) is 19.3 Å². The maximum atomic E-state index is 11.9. The van der Waals surface area contributed by atoms with Gasteiger partial charge in [-0.2, -0.15) is 0 Å². The first kappa shape index (κ1) is 36.3. The Hall–Kier alpha value is -7.04. The molecule has 0 unspecified atom stereocenters. The summed E-state index contributed by atoms with van der Waals surface area (Å²) in [6.45, 7) is 11.2. The van der Waals surface area contributed by atoms with Crippen LogP contribution in [-0.4, -0.2) is 19.6 Å². The van der Waals surface area contributed by atoms with E-state index in [9.17, 15) is 5.11 Å². The second-order valence-electron chi connectivity index (χ2n) is 19.2. The summed E-state index contributed by atoms with van der Waals surface area (Å²) in [5.74, 6) is 0.799. The zero-order chi connectivity index (χ0) is 50.8. The standard InChI is InChI=1S/C61H59N3O/c1-39-32-40(2)57(65)52(33-39)58-63-56-50(22-17-23-55(56)64(58)54-29-28-49(61(9,10)60(6,7)8)38-51(54)43-20-15-12-16-21-43)46-34-45(41-18-13-11-14-19-41)35-47(36-46)53-37-44(30-31-62-53)42-24-26-48(27-25-42)59(3,4)5/h11-38,65H,1-10H3/i3D3,4D3. The number of nitrogens with zero attached hydrogens (tertiary/aromatic N) is 3. The third-order valence-corrected chi connectivity index (χ3v) is 13.5. The molecule has 0 atom stereocenters. The fraction of sp³-hybridized carbons (Fsp3) is 0.213. The predicted molar refractivity (Wildman–Crippen MR) is 274 cm³/mol. The molecule has 65 heavy (non-hydrogen) atoms. The van der Waals surface area contributed by atoms with E-state index in [2.05, 4.69) is 130 Å². The molecule has 0 radical (unpaired) electrons. The summed E-state index contributed by atoms with van der Waals surface area (Å²) < 4.78 is 51.2. The molecule has 0 fully saturated rings. The number of imidazole rings is 1. The fourth-order valence-electron chi connectivity index (χ4n) is 8.78. The molecule has 0 spiro atoms. The number of rotatable bonds is 8.